The van der Waals surface area contributed by atoms with Gasteiger partial charge in [-0.2, -0.15) is 0 Å². The second kappa shape index (κ2) is 5.60. The van der Waals surface area contributed by atoms with Gasteiger partial charge in [0.1, 0.15) is 0 Å². The number of carboxylic acid groups (broad SMARTS) is 1. The maximum absolute atomic E-state index is 12.3. The summed E-state index contributed by atoms with van der Waals surface area (Å²) in [5.41, 5.74) is 0. The molecule has 4 atom stereocenters. The molecule has 3 aliphatic rings. The van der Waals surface area contributed by atoms with E-state index in [0.29, 0.717) is 19.5 Å². The van der Waals surface area contributed by atoms with Gasteiger partial charge in [0.2, 0.25) is 0 Å². The molecular formula is C14H22N2O4. The largest absolute Gasteiger partial charge is 0.481 e. The van der Waals surface area contributed by atoms with Gasteiger partial charge in [-0.05, 0) is 32.1 Å². The van der Waals surface area contributed by atoms with E-state index in [1.54, 1.807) is 0 Å². The van der Waals surface area contributed by atoms with Crippen LogP contribution >= 0.6 is 0 Å². The van der Waals surface area contributed by atoms with Gasteiger partial charge in [-0.25, -0.2) is 4.79 Å². The Morgan fingerprint density at radius 3 is 2.45 bits per heavy atom. The number of carbonyl (C=O) groups is 2. The Kier molecular flexibility index (Phi) is 3.83. The van der Waals surface area contributed by atoms with Gasteiger partial charge in [0, 0.05) is 19.1 Å². The minimum atomic E-state index is -0.742. The molecule has 2 bridgehead atoms. The molecular weight excluding hydrogens is 260 g/mol. The zero-order valence-electron chi connectivity index (χ0n) is 11.6. The number of carboxylic acids is 1. The monoisotopic (exact) mass is 282 g/mol. The van der Waals surface area contributed by atoms with Crippen molar-refractivity contribution in [1.82, 2.24) is 10.2 Å². The van der Waals surface area contributed by atoms with Crippen LogP contribution in [-0.2, 0) is 9.53 Å². The number of carbonyl (C=O) groups excluding carboxylic acids is 1. The summed E-state index contributed by atoms with van der Waals surface area (Å²) in [6.45, 7) is 1.33. The number of nitrogens with zero attached hydrogens (tertiary/aromatic N) is 1. The summed E-state index contributed by atoms with van der Waals surface area (Å²) in [5.74, 6) is -1.05. The van der Waals surface area contributed by atoms with Crippen molar-refractivity contribution in [1.29, 1.82) is 0 Å². The number of morpholine rings is 1. The number of urea groups is 1. The molecule has 2 aliphatic heterocycles. The van der Waals surface area contributed by atoms with Crippen LogP contribution in [0.15, 0.2) is 0 Å². The van der Waals surface area contributed by atoms with Crippen molar-refractivity contribution in [2.75, 3.05) is 13.1 Å². The Balaban J connectivity index is 1.52. The SMILES string of the molecule is O=C(O)C1CCCC(NC(=O)N2CC3CCC(C2)O3)C1. The minimum Gasteiger partial charge on any atom is -0.481 e. The van der Waals surface area contributed by atoms with E-state index in [1.165, 1.54) is 0 Å². The first kappa shape index (κ1) is 13.7. The number of likely N-dealkylation sites (tertiary alicyclic amines) is 1. The summed E-state index contributed by atoms with van der Waals surface area (Å²) in [6.07, 6.45) is 5.50. The van der Waals surface area contributed by atoms with Crippen LogP contribution in [0.25, 0.3) is 0 Å². The topological polar surface area (TPSA) is 78.9 Å². The van der Waals surface area contributed by atoms with Crippen LogP contribution in [0, 0.1) is 5.92 Å². The Hall–Kier alpha value is -1.30. The average molecular weight is 282 g/mol. The van der Waals surface area contributed by atoms with Gasteiger partial charge in [0.25, 0.3) is 0 Å². The fourth-order valence-corrected chi connectivity index (χ4v) is 3.59. The first-order valence-corrected chi connectivity index (χ1v) is 7.55. The Morgan fingerprint density at radius 2 is 1.80 bits per heavy atom. The van der Waals surface area contributed by atoms with E-state index in [4.69, 9.17) is 9.84 Å². The second-order valence-corrected chi connectivity index (χ2v) is 6.21. The van der Waals surface area contributed by atoms with Gasteiger partial charge in [-0.1, -0.05) is 6.42 Å². The molecule has 6 heteroatoms. The maximum atomic E-state index is 12.3. The Morgan fingerprint density at radius 1 is 1.10 bits per heavy atom. The highest BCUT2D eigenvalue weighted by Crippen LogP contribution is 2.27. The van der Waals surface area contributed by atoms with E-state index in [2.05, 4.69) is 5.32 Å². The summed E-state index contributed by atoms with van der Waals surface area (Å²) < 4.78 is 5.72. The molecule has 6 nitrogen and oxygen atoms in total. The van der Waals surface area contributed by atoms with E-state index in [1.807, 2.05) is 4.90 Å². The molecule has 3 fully saturated rings. The highest BCUT2D eigenvalue weighted by atomic mass is 16.5. The molecule has 3 rings (SSSR count). The Bertz CT molecular complexity index is 389. The number of aliphatic carboxylic acids is 1. The molecule has 4 unspecified atom stereocenters. The molecule has 0 spiro atoms. The summed E-state index contributed by atoms with van der Waals surface area (Å²) >= 11 is 0. The van der Waals surface area contributed by atoms with Crippen molar-refractivity contribution in [2.45, 2.75) is 56.8 Å². The standard InChI is InChI=1S/C14H22N2O4/c17-13(18)9-2-1-3-10(6-9)15-14(19)16-7-11-4-5-12(8-16)20-11/h9-12H,1-8H2,(H,15,19)(H,17,18). The van der Waals surface area contributed by atoms with Crippen molar-refractivity contribution < 1.29 is 19.4 Å². The third kappa shape index (κ3) is 2.90. The van der Waals surface area contributed by atoms with E-state index in [-0.39, 0.29) is 30.2 Å². The van der Waals surface area contributed by atoms with Crippen LogP contribution in [0.5, 0.6) is 0 Å². The van der Waals surface area contributed by atoms with Gasteiger partial charge in [0.05, 0.1) is 18.1 Å². The second-order valence-electron chi connectivity index (χ2n) is 6.21. The quantitative estimate of drug-likeness (QED) is 0.797. The van der Waals surface area contributed by atoms with Crippen LogP contribution in [0.2, 0.25) is 0 Å². The molecule has 112 valence electrons. The van der Waals surface area contributed by atoms with Gasteiger partial charge < -0.3 is 20.1 Å². The third-order valence-electron chi connectivity index (χ3n) is 4.68. The number of fused-ring (bicyclic) bond motifs is 2. The first-order chi connectivity index (χ1) is 9.61. The van der Waals surface area contributed by atoms with E-state index in [9.17, 15) is 9.59 Å². The zero-order chi connectivity index (χ0) is 14.1. The molecule has 20 heavy (non-hydrogen) atoms. The van der Waals surface area contributed by atoms with Crippen LogP contribution in [0.3, 0.4) is 0 Å². The van der Waals surface area contributed by atoms with E-state index in [0.717, 1.165) is 32.1 Å². The molecule has 0 aromatic carbocycles. The number of nitrogens with one attached hydrogen (secondary N) is 1. The minimum absolute atomic E-state index is 0.00199. The Labute approximate surface area is 118 Å². The molecule has 2 amide bonds. The summed E-state index contributed by atoms with van der Waals surface area (Å²) in [4.78, 5) is 25.1. The molecule has 0 aromatic rings. The van der Waals surface area contributed by atoms with Crippen molar-refractivity contribution >= 4 is 12.0 Å². The first-order valence-electron chi connectivity index (χ1n) is 7.55. The lowest BCUT2D eigenvalue weighted by atomic mass is 9.86. The number of hydrogen-bond acceptors (Lipinski definition) is 3. The van der Waals surface area contributed by atoms with Crippen LogP contribution in [0.4, 0.5) is 4.79 Å². The molecule has 1 aliphatic carbocycles. The van der Waals surface area contributed by atoms with Crippen molar-refractivity contribution in [3.05, 3.63) is 0 Å². The highest BCUT2D eigenvalue weighted by molar-refractivity contribution is 5.75. The van der Waals surface area contributed by atoms with Gasteiger partial charge in [-0.15, -0.1) is 0 Å². The summed E-state index contributed by atoms with van der Waals surface area (Å²) in [6, 6.07) is -0.0564. The summed E-state index contributed by atoms with van der Waals surface area (Å²) in [7, 11) is 0. The van der Waals surface area contributed by atoms with Crippen molar-refractivity contribution in [3.8, 4) is 0 Å². The lowest BCUT2D eigenvalue weighted by Gasteiger charge is -2.34. The van der Waals surface area contributed by atoms with Gasteiger partial charge >= 0.3 is 12.0 Å². The number of rotatable bonds is 2. The number of hydrogen-bond donors (Lipinski definition) is 2. The normalized spacial score (nSPS) is 36.7. The van der Waals surface area contributed by atoms with Crippen LogP contribution < -0.4 is 5.32 Å². The predicted octanol–water partition coefficient (Wildman–Crippen LogP) is 1.20. The molecule has 0 radical (unpaired) electrons. The van der Waals surface area contributed by atoms with Gasteiger partial charge in [0.15, 0.2) is 0 Å². The van der Waals surface area contributed by atoms with Crippen molar-refractivity contribution in [2.24, 2.45) is 5.92 Å². The zero-order valence-corrected chi connectivity index (χ0v) is 11.6. The smallest absolute Gasteiger partial charge is 0.317 e. The fraction of sp³-hybridized carbons (Fsp3) is 0.857. The van der Waals surface area contributed by atoms with Crippen LogP contribution in [-0.4, -0.2) is 53.3 Å². The fourth-order valence-electron chi connectivity index (χ4n) is 3.59. The van der Waals surface area contributed by atoms with E-state index < -0.39 is 5.97 Å². The maximum Gasteiger partial charge on any atom is 0.317 e. The average Bonchev–Trinajstić information content (AvgIpc) is 2.77. The molecule has 1 saturated carbocycles. The van der Waals surface area contributed by atoms with E-state index >= 15 is 0 Å². The lowest BCUT2D eigenvalue weighted by molar-refractivity contribution is -0.143. The highest BCUT2D eigenvalue weighted by Gasteiger charge is 2.36. The van der Waals surface area contributed by atoms with Crippen molar-refractivity contribution in [3.63, 3.8) is 0 Å². The lowest BCUT2D eigenvalue weighted by Crippen LogP contribution is -2.52. The predicted molar refractivity (Wildman–Crippen MR) is 71.4 cm³/mol. The molecule has 2 N–H and O–H groups in total. The molecule has 2 heterocycles. The molecule has 0 aromatic heterocycles. The van der Waals surface area contributed by atoms with Gasteiger partial charge in [-0.3, -0.25) is 4.79 Å². The van der Waals surface area contributed by atoms with Crippen LogP contribution in [0.1, 0.15) is 38.5 Å². The number of amides is 2. The third-order valence-corrected chi connectivity index (χ3v) is 4.68. The number of ether oxygens (including phenoxy) is 1. The summed E-state index contributed by atoms with van der Waals surface area (Å²) in [5, 5.41) is 12.1. The molecule has 2 saturated heterocycles.